The fourth-order valence-electron chi connectivity index (χ4n) is 3.54. The van der Waals surface area contributed by atoms with Crippen LogP contribution in [0.25, 0.3) is 5.76 Å². The number of nitrogens with zero attached hydrogens (tertiary/aromatic N) is 2. The molecule has 1 fully saturated rings. The van der Waals surface area contributed by atoms with E-state index in [1.165, 1.54) is 12.0 Å². The number of Topliss-reactive ketones (excluding diaryl/α,β-unsaturated/α-hetero) is 1. The molecule has 1 N–H and O–H groups in total. The Morgan fingerprint density at radius 2 is 1.58 bits per heavy atom. The summed E-state index contributed by atoms with van der Waals surface area (Å²) in [7, 11) is 3.08. The summed E-state index contributed by atoms with van der Waals surface area (Å²) in [5.74, 6) is -0.00634. The van der Waals surface area contributed by atoms with Gasteiger partial charge in [0.05, 0.1) is 25.8 Å². The summed E-state index contributed by atoms with van der Waals surface area (Å²) < 4.78 is 15.5. The van der Waals surface area contributed by atoms with Crippen LogP contribution >= 0.6 is 0 Å². The van der Waals surface area contributed by atoms with E-state index in [1.807, 2.05) is 0 Å². The van der Waals surface area contributed by atoms with Gasteiger partial charge in [-0.1, -0.05) is 17.3 Å². The molecule has 1 saturated heterocycles. The Morgan fingerprint density at radius 1 is 1.00 bits per heavy atom. The van der Waals surface area contributed by atoms with Crippen LogP contribution in [-0.2, 0) is 9.59 Å². The number of carbonyl (C=O) groups is 2. The van der Waals surface area contributed by atoms with E-state index >= 15 is 0 Å². The van der Waals surface area contributed by atoms with Crippen molar-refractivity contribution in [1.82, 2.24) is 5.16 Å². The lowest BCUT2D eigenvalue weighted by Crippen LogP contribution is -2.29. The number of amides is 1. The molecule has 1 unspecified atom stereocenters. The average molecular weight is 420 g/mol. The molecule has 1 atom stereocenters. The first-order valence-corrected chi connectivity index (χ1v) is 9.47. The van der Waals surface area contributed by atoms with Crippen LogP contribution in [0.3, 0.4) is 0 Å². The highest BCUT2D eigenvalue weighted by molar-refractivity contribution is 6.51. The topological polar surface area (TPSA) is 102 Å². The van der Waals surface area contributed by atoms with E-state index in [9.17, 15) is 14.7 Å². The van der Waals surface area contributed by atoms with Crippen LogP contribution in [0.5, 0.6) is 11.5 Å². The van der Waals surface area contributed by atoms with Crippen LogP contribution in [0.1, 0.15) is 22.9 Å². The minimum absolute atomic E-state index is 0.0408. The van der Waals surface area contributed by atoms with Gasteiger partial charge in [-0.3, -0.25) is 14.5 Å². The molecule has 8 heteroatoms. The molecular weight excluding hydrogens is 400 g/mol. The van der Waals surface area contributed by atoms with Crippen LogP contribution in [-0.4, -0.2) is 36.2 Å². The minimum Gasteiger partial charge on any atom is -0.507 e. The standard InChI is InChI=1S/C23H20N2O6/c1-13-12-18(24-31-13)25-20(14-4-8-16(29-2)9-5-14)19(22(27)23(25)28)21(26)15-6-10-17(30-3)11-7-15/h4-12,20,26H,1-3H3. The first-order chi connectivity index (χ1) is 14.9. The van der Waals surface area contributed by atoms with Crippen molar-refractivity contribution in [3.05, 3.63) is 77.1 Å². The van der Waals surface area contributed by atoms with Crippen LogP contribution in [0.2, 0.25) is 0 Å². The van der Waals surface area contributed by atoms with Gasteiger partial charge in [0.1, 0.15) is 23.0 Å². The molecule has 3 aromatic rings. The first-order valence-electron chi connectivity index (χ1n) is 9.47. The number of aryl methyl sites for hydroxylation is 1. The van der Waals surface area contributed by atoms with Crippen molar-refractivity contribution in [2.45, 2.75) is 13.0 Å². The Morgan fingerprint density at radius 3 is 2.10 bits per heavy atom. The first kappa shape index (κ1) is 20.2. The van der Waals surface area contributed by atoms with Gasteiger partial charge in [-0.25, -0.2) is 0 Å². The number of rotatable bonds is 5. The van der Waals surface area contributed by atoms with Crippen molar-refractivity contribution in [2.75, 3.05) is 19.1 Å². The number of hydrogen-bond donors (Lipinski definition) is 1. The number of aliphatic hydroxyl groups excluding tert-OH is 1. The average Bonchev–Trinajstić information content (AvgIpc) is 3.34. The van der Waals surface area contributed by atoms with Gasteiger partial charge < -0.3 is 19.1 Å². The van der Waals surface area contributed by atoms with Crippen molar-refractivity contribution in [3.8, 4) is 11.5 Å². The van der Waals surface area contributed by atoms with Gasteiger partial charge in [-0.05, 0) is 48.9 Å². The number of ketones is 1. The Bertz CT molecular complexity index is 1160. The van der Waals surface area contributed by atoms with Gasteiger partial charge in [0.15, 0.2) is 5.82 Å². The summed E-state index contributed by atoms with van der Waals surface area (Å²) in [6.45, 7) is 1.69. The zero-order chi connectivity index (χ0) is 22.1. The molecule has 31 heavy (non-hydrogen) atoms. The highest BCUT2D eigenvalue weighted by Gasteiger charge is 2.48. The Hall–Kier alpha value is -4.07. The third-order valence-electron chi connectivity index (χ3n) is 5.10. The lowest BCUT2D eigenvalue weighted by Gasteiger charge is -2.23. The summed E-state index contributed by atoms with van der Waals surface area (Å²) in [5, 5.41) is 15.0. The molecule has 8 nitrogen and oxygen atoms in total. The molecule has 2 heterocycles. The number of ether oxygens (including phenoxy) is 2. The van der Waals surface area contributed by atoms with Crippen molar-refractivity contribution in [1.29, 1.82) is 0 Å². The highest BCUT2D eigenvalue weighted by atomic mass is 16.5. The Kier molecular flexibility index (Phi) is 5.21. The maximum atomic E-state index is 13.0. The molecule has 1 aliphatic heterocycles. The predicted molar refractivity (Wildman–Crippen MR) is 112 cm³/mol. The maximum absolute atomic E-state index is 13.0. The summed E-state index contributed by atoms with van der Waals surface area (Å²) in [6.07, 6.45) is 0. The number of anilines is 1. The van der Waals surface area contributed by atoms with Crippen molar-refractivity contribution in [3.63, 3.8) is 0 Å². The molecule has 0 spiro atoms. The summed E-state index contributed by atoms with van der Waals surface area (Å²) in [5.41, 5.74) is 0.949. The van der Waals surface area contributed by atoms with Gasteiger partial charge >= 0.3 is 5.91 Å². The molecule has 0 aliphatic carbocycles. The van der Waals surface area contributed by atoms with Crippen LogP contribution in [0.4, 0.5) is 5.82 Å². The molecule has 158 valence electrons. The lowest BCUT2D eigenvalue weighted by molar-refractivity contribution is -0.132. The number of carbonyl (C=O) groups excluding carboxylic acids is 2. The number of aromatic nitrogens is 1. The Balaban J connectivity index is 1.90. The fraction of sp³-hybridized carbons (Fsp3) is 0.174. The smallest absolute Gasteiger partial charge is 0.301 e. The number of benzene rings is 2. The molecule has 0 bridgehead atoms. The highest BCUT2D eigenvalue weighted by Crippen LogP contribution is 2.42. The fourth-order valence-corrected chi connectivity index (χ4v) is 3.54. The molecule has 1 aromatic heterocycles. The number of methoxy groups -OCH3 is 2. The van der Waals surface area contributed by atoms with Crippen LogP contribution in [0.15, 0.2) is 64.7 Å². The summed E-state index contributed by atoms with van der Waals surface area (Å²) >= 11 is 0. The zero-order valence-electron chi connectivity index (χ0n) is 17.2. The third kappa shape index (κ3) is 3.52. The minimum atomic E-state index is -0.891. The summed E-state index contributed by atoms with van der Waals surface area (Å²) in [4.78, 5) is 27.2. The Labute approximate surface area is 178 Å². The van der Waals surface area contributed by atoms with Crippen LogP contribution in [0, 0.1) is 6.92 Å². The molecule has 2 aromatic carbocycles. The van der Waals surface area contributed by atoms with E-state index in [0.29, 0.717) is 28.4 Å². The van der Waals surface area contributed by atoms with E-state index in [4.69, 9.17) is 14.0 Å². The van der Waals surface area contributed by atoms with Gasteiger partial charge in [0, 0.05) is 11.6 Å². The van der Waals surface area contributed by atoms with E-state index in [-0.39, 0.29) is 17.2 Å². The largest absolute Gasteiger partial charge is 0.507 e. The lowest BCUT2D eigenvalue weighted by atomic mass is 9.95. The van der Waals surface area contributed by atoms with Crippen molar-refractivity contribution < 1.29 is 28.7 Å². The van der Waals surface area contributed by atoms with E-state index in [2.05, 4.69) is 5.16 Å². The summed E-state index contributed by atoms with van der Waals surface area (Å²) in [6, 6.07) is 14.1. The second-order valence-electron chi connectivity index (χ2n) is 6.97. The second-order valence-corrected chi connectivity index (χ2v) is 6.97. The quantitative estimate of drug-likeness (QED) is 0.382. The van der Waals surface area contributed by atoms with Gasteiger partial charge in [-0.2, -0.15) is 0 Å². The van der Waals surface area contributed by atoms with E-state index in [0.717, 1.165) is 0 Å². The molecule has 1 aliphatic rings. The number of hydrogen-bond acceptors (Lipinski definition) is 7. The van der Waals surface area contributed by atoms with Crippen molar-refractivity contribution in [2.24, 2.45) is 0 Å². The second kappa shape index (κ2) is 7.98. The molecule has 1 amide bonds. The van der Waals surface area contributed by atoms with E-state index in [1.54, 1.807) is 68.6 Å². The molecule has 4 rings (SSSR count). The van der Waals surface area contributed by atoms with Gasteiger partial charge in [-0.15, -0.1) is 0 Å². The molecule has 0 saturated carbocycles. The van der Waals surface area contributed by atoms with Gasteiger partial charge in [0.2, 0.25) is 0 Å². The molecule has 0 radical (unpaired) electrons. The maximum Gasteiger partial charge on any atom is 0.301 e. The van der Waals surface area contributed by atoms with Gasteiger partial charge in [0.25, 0.3) is 5.78 Å². The van der Waals surface area contributed by atoms with E-state index < -0.39 is 17.7 Å². The predicted octanol–water partition coefficient (Wildman–Crippen LogP) is 3.63. The normalized spacial score (nSPS) is 17.8. The zero-order valence-corrected chi connectivity index (χ0v) is 17.2. The van der Waals surface area contributed by atoms with Crippen LogP contribution < -0.4 is 14.4 Å². The third-order valence-corrected chi connectivity index (χ3v) is 5.10. The number of aliphatic hydroxyl groups is 1. The molecular formula is C23H20N2O6. The monoisotopic (exact) mass is 420 g/mol. The van der Waals surface area contributed by atoms with Crippen molar-refractivity contribution >= 4 is 23.3 Å². The SMILES string of the molecule is COc1ccc(C(O)=C2C(=O)C(=O)N(c3cc(C)on3)C2c2ccc(OC)cc2)cc1.